The molecule has 21 heavy (non-hydrogen) atoms. The van der Waals surface area contributed by atoms with Crippen LogP contribution in [0.4, 0.5) is 17.1 Å². The standard InChI is InChI=1S/C16H16Cl2N2O/c1-10(2)16(21)20-13-6-4-12(5-7-13)19-15-9-11(17)3-8-14(15)18/h3-10,19H,1-2H3,(H,20,21). The Morgan fingerprint density at radius 3 is 2.24 bits per heavy atom. The van der Waals surface area contributed by atoms with E-state index >= 15 is 0 Å². The summed E-state index contributed by atoms with van der Waals surface area (Å²) in [5.41, 5.74) is 2.36. The maximum atomic E-state index is 11.6. The van der Waals surface area contributed by atoms with E-state index in [0.29, 0.717) is 10.0 Å². The van der Waals surface area contributed by atoms with Gasteiger partial charge >= 0.3 is 0 Å². The minimum atomic E-state index is -0.0481. The van der Waals surface area contributed by atoms with Gasteiger partial charge < -0.3 is 10.6 Å². The van der Waals surface area contributed by atoms with Crippen molar-refractivity contribution < 1.29 is 4.79 Å². The molecule has 0 radical (unpaired) electrons. The summed E-state index contributed by atoms with van der Waals surface area (Å²) < 4.78 is 0. The molecule has 0 atom stereocenters. The second-order valence-corrected chi connectivity index (χ2v) is 5.81. The largest absolute Gasteiger partial charge is 0.354 e. The van der Waals surface area contributed by atoms with Gasteiger partial charge in [0.1, 0.15) is 0 Å². The molecule has 1 amide bonds. The van der Waals surface area contributed by atoms with E-state index in [-0.39, 0.29) is 11.8 Å². The molecule has 5 heteroatoms. The van der Waals surface area contributed by atoms with E-state index in [4.69, 9.17) is 23.2 Å². The van der Waals surface area contributed by atoms with Gasteiger partial charge in [0.2, 0.25) is 5.91 Å². The molecule has 2 aromatic carbocycles. The Hall–Kier alpha value is -1.71. The first kappa shape index (κ1) is 15.7. The Balaban J connectivity index is 2.09. The first-order chi connectivity index (χ1) is 9.95. The molecule has 3 nitrogen and oxygen atoms in total. The molecule has 0 fully saturated rings. The highest BCUT2D eigenvalue weighted by Gasteiger charge is 2.07. The molecule has 2 N–H and O–H groups in total. The van der Waals surface area contributed by atoms with E-state index in [1.807, 2.05) is 38.1 Å². The molecular formula is C16H16Cl2N2O. The van der Waals surface area contributed by atoms with Crippen molar-refractivity contribution in [2.45, 2.75) is 13.8 Å². The van der Waals surface area contributed by atoms with Crippen molar-refractivity contribution >= 4 is 46.2 Å². The van der Waals surface area contributed by atoms with E-state index < -0.39 is 0 Å². The predicted molar refractivity (Wildman–Crippen MR) is 89.7 cm³/mol. The zero-order chi connectivity index (χ0) is 15.4. The van der Waals surface area contributed by atoms with Gasteiger partial charge in [-0.1, -0.05) is 37.0 Å². The van der Waals surface area contributed by atoms with E-state index in [1.165, 1.54) is 0 Å². The summed E-state index contributed by atoms with van der Waals surface area (Å²) >= 11 is 12.1. The highest BCUT2D eigenvalue weighted by Crippen LogP contribution is 2.28. The predicted octanol–water partition coefficient (Wildman–Crippen LogP) is 5.33. The number of hydrogen-bond acceptors (Lipinski definition) is 2. The van der Waals surface area contributed by atoms with E-state index in [9.17, 15) is 4.79 Å². The number of nitrogens with one attached hydrogen (secondary N) is 2. The number of amides is 1. The zero-order valence-corrected chi connectivity index (χ0v) is 13.3. The van der Waals surface area contributed by atoms with E-state index in [0.717, 1.165) is 17.1 Å². The lowest BCUT2D eigenvalue weighted by Gasteiger charge is -2.11. The average molecular weight is 323 g/mol. The summed E-state index contributed by atoms with van der Waals surface area (Å²) in [7, 11) is 0. The lowest BCUT2D eigenvalue weighted by atomic mass is 10.2. The molecule has 2 aromatic rings. The van der Waals surface area contributed by atoms with Crippen LogP contribution >= 0.6 is 23.2 Å². The minimum Gasteiger partial charge on any atom is -0.354 e. The number of benzene rings is 2. The smallest absolute Gasteiger partial charge is 0.226 e. The molecule has 110 valence electrons. The molecule has 0 saturated heterocycles. The number of carbonyl (C=O) groups excluding carboxylic acids is 1. The van der Waals surface area contributed by atoms with E-state index in [1.54, 1.807) is 18.2 Å². The minimum absolute atomic E-state index is 0.00593. The molecule has 0 spiro atoms. The van der Waals surface area contributed by atoms with Gasteiger partial charge in [-0.2, -0.15) is 0 Å². The summed E-state index contributed by atoms with van der Waals surface area (Å²) in [6, 6.07) is 12.6. The van der Waals surface area contributed by atoms with Crippen LogP contribution in [-0.4, -0.2) is 5.91 Å². The van der Waals surface area contributed by atoms with Gasteiger partial charge in [-0.15, -0.1) is 0 Å². The van der Waals surface area contributed by atoms with Crippen LogP contribution in [0.2, 0.25) is 10.0 Å². The van der Waals surface area contributed by atoms with Crippen LogP contribution in [0.5, 0.6) is 0 Å². The Labute approximate surface area is 134 Å². The van der Waals surface area contributed by atoms with Crippen molar-refractivity contribution in [2.24, 2.45) is 5.92 Å². The summed E-state index contributed by atoms with van der Waals surface area (Å²) in [4.78, 5) is 11.6. The second-order valence-electron chi connectivity index (χ2n) is 4.97. The van der Waals surface area contributed by atoms with Gasteiger partial charge in [-0.3, -0.25) is 4.79 Å². The van der Waals surface area contributed by atoms with Crippen LogP contribution in [0.3, 0.4) is 0 Å². The molecule has 0 aliphatic rings. The monoisotopic (exact) mass is 322 g/mol. The first-order valence-corrected chi connectivity index (χ1v) is 7.34. The van der Waals surface area contributed by atoms with Crippen molar-refractivity contribution in [2.75, 3.05) is 10.6 Å². The fraction of sp³-hybridized carbons (Fsp3) is 0.188. The molecular weight excluding hydrogens is 307 g/mol. The van der Waals surface area contributed by atoms with Crippen LogP contribution in [0, 0.1) is 5.92 Å². The summed E-state index contributed by atoms with van der Waals surface area (Å²) in [6.07, 6.45) is 0. The number of hydrogen-bond donors (Lipinski definition) is 2. The van der Waals surface area contributed by atoms with Crippen molar-refractivity contribution in [3.63, 3.8) is 0 Å². The number of halogens is 2. The molecule has 0 heterocycles. The fourth-order valence-electron chi connectivity index (χ4n) is 1.67. The third-order valence-electron chi connectivity index (χ3n) is 2.88. The second kappa shape index (κ2) is 6.83. The quantitative estimate of drug-likeness (QED) is 0.798. The molecule has 2 rings (SSSR count). The Bertz CT molecular complexity index is 639. The molecule has 0 unspecified atom stereocenters. The fourth-order valence-corrected chi connectivity index (χ4v) is 2.01. The Kier molecular flexibility index (Phi) is 5.10. The maximum absolute atomic E-state index is 11.6. The Morgan fingerprint density at radius 2 is 1.62 bits per heavy atom. The Morgan fingerprint density at radius 1 is 1.00 bits per heavy atom. The van der Waals surface area contributed by atoms with E-state index in [2.05, 4.69) is 10.6 Å². The third-order valence-corrected chi connectivity index (χ3v) is 3.45. The summed E-state index contributed by atoms with van der Waals surface area (Å²) in [5.74, 6) is -0.0540. The zero-order valence-electron chi connectivity index (χ0n) is 11.8. The van der Waals surface area contributed by atoms with Gasteiger partial charge in [-0.25, -0.2) is 0 Å². The lowest BCUT2D eigenvalue weighted by Crippen LogP contribution is -2.17. The van der Waals surface area contributed by atoms with Crippen LogP contribution in [0.15, 0.2) is 42.5 Å². The van der Waals surface area contributed by atoms with Gasteiger partial charge in [0.05, 0.1) is 10.7 Å². The van der Waals surface area contributed by atoms with Crippen LogP contribution in [-0.2, 0) is 4.79 Å². The molecule has 0 aromatic heterocycles. The third kappa shape index (κ3) is 4.38. The number of anilines is 3. The van der Waals surface area contributed by atoms with Crippen molar-refractivity contribution in [1.29, 1.82) is 0 Å². The lowest BCUT2D eigenvalue weighted by molar-refractivity contribution is -0.118. The van der Waals surface area contributed by atoms with Crippen molar-refractivity contribution in [3.8, 4) is 0 Å². The molecule has 0 aliphatic carbocycles. The van der Waals surface area contributed by atoms with Crippen LogP contribution < -0.4 is 10.6 Å². The summed E-state index contributed by atoms with van der Waals surface area (Å²) in [5, 5.41) is 7.23. The molecule has 0 bridgehead atoms. The first-order valence-electron chi connectivity index (χ1n) is 6.58. The van der Waals surface area contributed by atoms with Gasteiger partial charge in [-0.05, 0) is 42.5 Å². The highest BCUT2D eigenvalue weighted by atomic mass is 35.5. The average Bonchev–Trinajstić information content (AvgIpc) is 2.45. The normalized spacial score (nSPS) is 10.5. The van der Waals surface area contributed by atoms with Crippen LogP contribution in [0.1, 0.15) is 13.8 Å². The highest BCUT2D eigenvalue weighted by molar-refractivity contribution is 6.35. The molecule has 0 aliphatic heterocycles. The van der Waals surface area contributed by atoms with Crippen LogP contribution in [0.25, 0.3) is 0 Å². The van der Waals surface area contributed by atoms with Gasteiger partial charge in [0, 0.05) is 22.3 Å². The SMILES string of the molecule is CC(C)C(=O)Nc1ccc(Nc2cc(Cl)ccc2Cl)cc1. The van der Waals surface area contributed by atoms with Gasteiger partial charge in [0.15, 0.2) is 0 Å². The van der Waals surface area contributed by atoms with Crippen molar-refractivity contribution in [3.05, 3.63) is 52.5 Å². The topological polar surface area (TPSA) is 41.1 Å². The maximum Gasteiger partial charge on any atom is 0.226 e. The van der Waals surface area contributed by atoms with Gasteiger partial charge in [0.25, 0.3) is 0 Å². The molecule has 0 saturated carbocycles. The number of rotatable bonds is 4. The van der Waals surface area contributed by atoms with Crippen molar-refractivity contribution in [1.82, 2.24) is 0 Å². The number of carbonyl (C=O) groups is 1. The summed E-state index contributed by atoms with van der Waals surface area (Å²) in [6.45, 7) is 3.71.